The molecule has 1 aliphatic carbocycles. The minimum Gasteiger partial charge on any atom is -0.383 e. The van der Waals surface area contributed by atoms with E-state index >= 15 is 0 Å². The van der Waals surface area contributed by atoms with Crippen molar-refractivity contribution in [1.29, 1.82) is 5.26 Å². The number of anilines is 2. The van der Waals surface area contributed by atoms with E-state index in [9.17, 15) is 0 Å². The van der Waals surface area contributed by atoms with Crippen LogP contribution < -0.4 is 11.1 Å². The van der Waals surface area contributed by atoms with Crippen molar-refractivity contribution in [2.75, 3.05) is 11.1 Å². The summed E-state index contributed by atoms with van der Waals surface area (Å²) in [6.45, 7) is 2.90. The van der Waals surface area contributed by atoms with Crippen molar-refractivity contribution in [3.8, 4) is 6.07 Å². The van der Waals surface area contributed by atoms with Gasteiger partial charge in [0, 0.05) is 12.6 Å². The molecule has 0 bridgehead atoms. The summed E-state index contributed by atoms with van der Waals surface area (Å²) in [5.41, 5.74) is 6.38. The molecule has 1 fully saturated rings. The number of rotatable bonds is 5. The summed E-state index contributed by atoms with van der Waals surface area (Å²) < 4.78 is 1.73. The summed E-state index contributed by atoms with van der Waals surface area (Å²) in [5, 5.41) is 16.6. The highest BCUT2D eigenvalue weighted by Crippen LogP contribution is 2.28. The maximum absolute atomic E-state index is 9.05. The van der Waals surface area contributed by atoms with Gasteiger partial charge < -0.3 is 11.1 Å². The molecule has 1 aromatic rings. The van der Waals surface area contributed by atoms with Gasteiger partial charge in [0.25, 0.3) is 0 Å². The Morgan fingerprint density at radius 2 is 2.38 bits per heavy atom. The smallest absolute Gasteiger partial charge is 0.168 e. The van der Waals surface area contributed by atoms with Crippen molar-refractivity contribution in [3.05, 3.63) is 5.56 Å². The molecule has 0 aromatic carbocycles. The van der Waals surface area contributed by atoms with Gasteiger partial charge in [0.1, 0.15) is 17.5 Å². The molecule has 0 radical (unpaired) electrons. The van der Waals surface area contributed by atoms with E-state index in [2.05, 4.69) is 23.4 Å². The van der Waals surface area contributed by atoms with Gasteiger partial charge in [-0.05, 0) is 19.3 Å². The Hall–Kier alpha value is -1.70. The number of nitrogens with zero attached hydrogens (tertiary/aromatic N) is 3. The minimum atomic E-state index is 0.485. The molecule has 16 heavy (non-hydrogen) atoms. The Morgan fingerprint density at radius 3 is 2.94 bits per heavy atom. The van der Waals surface area contributed by atoms with Crippen molar-refractivity contribution in [3.63, 3.8) is 0 Å². The number of nitrogens with one attached hydrogen (secondary N) is 1. The fourth-order valence-corrected chi connectivity index (χ4v) is 1.59. The summed E-state index contributed by atoms with van der Waals surface area (Å²) in [6, 6.07) is 2.61. The first-order valence-corrected chi connectivity index (χ1v) is 5.79. The topological polar surface area (TPSA) is 79.7 Å². The second-order valence-corrected chi connectivity index (χ2v) is 4.22. The minimum absolute atomic E-state index is 0.485. The fourth-order valence-electron chi connectivity index (χ4n) is 1.59. The van der Waals surface area contributed by atoms with E-state index in [0.717, 1.165) is 32.2 Å². The number of aromatic nitrogens is 2. The molecule has 3 N–H and O–H groups in total. The maximum atomic E-state index is 9.05. The number of unbranched alkanes of at least 4 members (excludes halogenated alkanes) is 1. The van der Waals surface area contributed by atoms with Gasteiger partial charge in [-0.3, -0.25) is 0 Å². The molecule has 5 nitrogen and oxygen atoms in total. The van der Waals surface area contributed by atoms with Crippen molar-refractivity contribution >= 4 is 11.6 Å². The number of aryl methyl sites for hydroxylation is 1. The van der Waals surface area contributed by atoms with Crippen LogP contribution in [0.2, 0.25) is 0 Å². The van der Waals surface area contributed by atoms with Crippen LogP contribution in [0, 0.1) is 11.3 Å². The van der Waals surface area contributed by atoms with Crippen molar-refractivity contribution in [2.45, 2.75) is 45.2 Å². The second kappa shape index (κ2) is 4.44. The predicted molar refractivity (Wildman–Crippen MR) is 62.9 cm³/mol. The number of nitriles is 1. The van der Waals surface area contributed by atoms with Gasteiger partial charge in [0.2, 0.25) is 0 Å². The SMILES string of the molecule is CCCCn1nc(NC2CC2)c(C#N)c1N. The first kappa shape index (κ1) is 10.8. The second-order valence-electron chi connectivity index (χ2n) is 4.22. The highest BCUT2D eigenvalue weighted by atomic mass is 15.3. The third-order valence-corrected chi connectivity index (χ3v) is 2.75. The molecule has 0 unspecified atom stereocenters. The van der Waals surface area contributed by atoms with Crippen LogP contribution in [0.1, 0.15) is 38.2 Å². The van der Waals surface area contributed by atoms with Gasteiger partial charge in [-0.2, -0.15) is 10.4 Å². The van der Waals surface area contributed by atoms with E-state index in [4.69, 9.17) is 11.0 Å². The molecule has 1 heterocycles. The largest absolute Gasteiger partial charge is 0.383 e. The van der Waals surface area contributed by atoms with Gasteiger partial charge in [0.05, 0.1) is 0 Å². The molecule has 1 saturated carbocycles. The van der Waals surface area contributed by atoms with Crippen molar-refractivity contribution in [1.82, 2.24) is 9.78 Å². The molecular weight excluding hydrogens is 202 g/mol. The lowest BCUT2D eigenvalue weighted by Crippen LogP contribution is -2.06. The van der Waals surface area contributed by atoms with Gasteiger partial charge in [-0.25, -0.2) is 4.68 Å². The van der Waals surface area contributed by atoms with Crippen molar-refractivity contribution < 1.29 is 0 Å². The van der Waals surface area contributed by atoms with Gasteiger partial charge in [-0.1, -0.05) is 13.3 Å². The molecule has 0 saturated heterocycles. The Bertz CT molecular complexity index is 411. The molecular formula is C11H17N5. The lowest BCUT2D eigenvalue weighted by molar-refractivity contribution is 0.580. The van der Waals surface area contributed by atoms with Crippen LogP contribution in [0.3, 0.4) is 0 Å². The highest BCUT2D eigenvalue weighted by Gasteiger charge is 2.25. The van der Waals surface area contributed by atoms with Crippen molar-refractivity contribution in [2.24, 2.45) is 0 Å². The van der Waals surface area contributed by atoms with Gasteiger partial charge in [0.15, 0.2) is 5.82 Å². The van der Waals surface area contributed by atoms with Gasteiger partial charge in [-0.15, -0.1) is 0 Å². The van der Waals surface area contributed by atoms with E-state index in [1.165, 1.54) is 0 Å². The van der Waals surface area contributed by atoms with E-state index < -0.39 is 0 Å². The van der Waals surface area contributed by atoms with Crippen LogP contribution in [0.4, 0.5) is 11.6 Å². The zero-order chi connectivity index (χ0) is 11.5. The quantitative estimate of drug-likeness (QED) is 0.790. The molecule has 0 atom stereocenters. The zero-order valence-corrected chi connectivity index (χ0v) is 9.53. The van der Waals surface area contributed by atoms with Crippen LogP contribution in [0.25, 0.3) is 0 Å². The summed E-state index contributed by atoms with van der Waals surface area (Å²) in [6.07, 6.45) is 4.44. The molecule has 0 aliphatic heterocycles. The number of nitrogens with two attached hydrogens (primary N) is 1. The molecule has 0 spiro atoms. The lowest BCUT2D eigenvalue weighted by atomic mass is 10.3. The first-order valence-electron chi connectivity index (χ1n) is 5.79. The monoisotopic (exact) mass is 219 g/mol. The summed E-state index contributed by atoms with van der Waals surface area (Å²) in [5.74, 6) is 1.14. The number of hydrogen-bond donors (Lipinski definition) is 2. The Morgan fingerprint density at radius 1 is 1.62 bits per heavy atom. The molecule has 86 valence electrons. The highest BCUT2D eigenvalue weighted by molar-refractivity contribution is 5.64. The Kier molecular flexibility index (Phi) is 3.00. The zero-order valence-electron chi connectivity index (χ0n) is 9.53. The van der Waals surface area contributed by atoms with Crippen LogP contribution >= 0.6 is 0 Å². The van der Waals surface area contributed by atoms with Crippen LogP contribution in [0.15, 0.2) is 0 Å². The molecule has 2 rings (SSSR count). The maximum Gasteiger partial charge on any atom is 0.168 e. The van der Waals surface area contributed by atoms with E-state index in [1.54, 1.807) is 4.68 Å². The molecule has 0 amide bonds. The third-order valence-electron chi connectivity index (χ3n) is 2.75. The average Bonchev–Trinajstić information content (AvgIpc) is 3.02. The summed E-state index contributed by atoms with van der Waals surface area (Å²) in [7, 11) is 0. The van der Waals surface area contributed by atoms with E-state index in [-0.39, 0.29) is 0 Å². The summed E-state index contributed by atoms with van der Waals surface area (Å²) >= 11 is 0. The molecule has 1 aromatic heterocycles. The third kappa shape index (κ3) is 2.11. The van der Waals surface area contributed by atoms with E-state index in [0.29, 0.717) is 23.2 Å². The fraction of sp³-hybridized carbons (Fsp3) is 0.636. The Balaban J connectivity index is 2.19. The van der Waals surface area contributed by atoms with Gasteiger partial charge >= 0.3 is 0 Å². The molecule has 5 heteroatoms. The molecule has 1 aliphatic rings. The summed E-state index contributed by atoms with van der Waals surface area (Å²) in [4.78, 5) is 0. The Labute approximate surface area is 95.2 Å². The first-order chi connectivity index (χ1) is 7.76. The lowest BCUT2D eigenvalue weighted by Gasteiger charge is -2.01. The van der Waals surface area contributed by atoms with Crippen LogP contribution in [-0.4, -0.2) is 15.8 Å². The standard InChI is InChI=1S/C11H17N5/c1-2-3-6-16-10(13)9(7-12)11(15-16)14-8-4-5-8/h8H,2-6,13H2,1H3,(H,14,15). The average molecular weight is 219 g/mol. The number of nitrogen functional groups attached to an aromatic ring is 1. The van der Waals surface area contributed by atoms with E-state index in [1.807, 2.05) is 0 Å². The number of hydrogen-bond acceptors (Lipinski definition) is 4. The normalized spacial score (nSPS) is 14.8. The van der Waals surface area contributed by atoms with Crippen LogP contribution in [-0.2, 0) is 6.54 Å². The van der Waals surface area contributed by atoms with Crippen LogP contribution in [0.5, 0.6) is 0 Å². The predicted octanol–water partition coefficient (Wildman–Crippen LogP) is 1.71.